The largest absolute Gasteiger partial charge is 0.409 e. The van der Waals surface area contributed by atoms with Gasteiger partial charge in [0.25, 0.3) is 0 Å². The number of nitrogens with two attached hydrogens (primary N) is 1. The summed E-state index contributed by atoms with van der Waals surface area (Å²) in [6.07, 6.45) is -2.38. The van der Waals surface area contributed by atoms with E-state index in [0.29, 0.717) is 11.4 Å². The minimum Gasteiger partial charge on any atom is -0.409 e. The van der Waals surface area contributed by atoms with Crippen LogP contribution in [0.4, 0.5) is 13.2 Å². The highest BCUT2D eigenvalue weighted by atomic mass is 32.1. The predicted octanol–water partition coefficient (Wildman–Crippen LogP) is 2.11. The molecule has 4 N–H and O–H groups in total. The van der Waals surface area contributed by atoms with Crippen molar-refractivity contribution in [1.82, 2.24) is 10.3 Å². The Morgan fingerprint density at radius 3 is 2.74 bits per heavy atom. The quantitative estimate of drug-likeness (QED) is 0.325. The lowest BCUT2D eigenvalue weighted by molar-refractivity contribution is -0.155. The van der Waals surface area contributed by atoms with Crippen molar-refractivity contribution in [3.63, 3.8) is 0 Å². The minimum atomic E-state index is -4.56. The van der Waals surface area contributed by atoms with Crippen LogP contribution < -0.4 is 11.1 Å². The van der Waals surface area contributed by atoms with Gasteiger partial charge in [-0.1, -0.05) is 12.1 Å². The highest BCUT2D eigenvalue weighted by molar-refractivity contribution is 7.09. The first-order valence-electron chi connectivity index (χ1n) is 5.57. The molecule has 0 radical (unpaired) electrons. The lowest BCUT2D eigenvalue weighted by atomic mass is 10.1. The molecule has 1 heterocycles. The van der Waals surface area contributed by atoms with E-state index in [1.54, 1.807) is 11.6 Å². The van der Waals surface area contributed by atoms with Crippen molar-refractivity contribution in [2.75, 3.05) is 6.54 Å². The van der Waals surface area contributed by atoms with Crippen LogP contribution in [-0.4, -0.2) is 28.7 Å². The first-order valence-corrected chi connectivity index (χ1v) is 6.45. The SMILES string of the molecule is CCC(NCC(/C(N)=N/O)C(F)(F)F)c1nccs1. The standard InChI is InChI=1S/C10H15F3N4OS/c1-2-7(9-15-3-4-19-9)16-5-6(8(14)17-18)10(11,12)13/h3-4,6-7,16,18H,2,5H2,1H3,(H2,14,17). The first kappa shape index (κ1) is 15.7. The fourth-order valence-electron chi connectivity index (χ4n) is 1.53. The maximum Gasteiger partial charge on any atom is 0.400 e. The maximum absolute atomic E-state index is 12.7. The number of thiazole rings is 1. The summed E-state index contributed by atoms with van der Waals surface area (Å²) in [6, 6.07) is -0.281. The van der Waals surface area contributed by atoms with Crippen LogP contribution in [-0.2, 0) is 0 Å². The van der Waals surface area contributed by atoms with Gasteiger partial charge >= 0.3 is 6.18 Å². The van der Waals surface area contributed by atoms with E-state index in [1.165, 1.54) is 11.3 Å². The molecule has 1 aromatic heterocycles. The fourth-order valence-corrected chi connectivity index (χ4v) is 2.33. The summed E-state index contributed by atoms with van der Waals surface area (Å²) in [5.74, 6) is -2.87. The monoisotopic (exact) mass is 296 g/mol. The van der Waals surface area contributed by atoms with Crippen molar-refractivity contribution in [3.8, 4) is 0 Å². The summed E-state index contributed by atoms with van der Waals surface area (Å²) in [6.45, 7) is 1.38. The Morgan fingerprint density at radius 1 is 1.63 bits per heavy atom. The summed E-state index contributed by atoms with van der Waals surface area (Å²) in [5, 5.41) is 16.1. The fraction of sp³-hybridized carbons (Fsp3) is 0.600. The van der Waals surface area contributed by atoms with Crippen LogP contribution in [0.3, 0.4) is 0 Å². The van der Waals surface area contributed by atoms with Crippen LogP contribution in [0.25, 0.3) is 0 Å². The van der Waals surface area contributed by atoms with E-state index in [-0.39, 0.29) is 6.04 Å². The van der Waals surface area contributed by atoms with Crippen molar-refractivity contribution < 1.29 is 18.4 Å². The van der Waals surface area contributed by atoms with E-state index >= 15 is 0 Å². The van der Waals surface area contributed by atoms with Gasteiger partial charge in [-0.2, -0.15) is 13.2 Å². The Kier molecular flexibility index (Phi) is 5.55. The zero-order chi connectivity index (χ0) is 14.5. The number of alkyl halides is 3. The summed E-state index contributed by atoms with van der Waals surface area (Å²) >= 11 is 1.36. The van der Waals surface area contributed by atoms with Crippen LogP contribution >= 0.6 is 11.3 Å². The van der Waals surface area contributed by atoms with E-state index in [9.17, 15) is 13.2 Å². The molecule has 9 heteroatoms. The lowest BCUT2D eigenvalue weighted by Crippen LogP contribution is -2.43. The molecule has 2 atom stereocenters. The molecule has 0 aliphatic carbocycles. The molecule has 0 bridgehead atoms. The van der Waals surface area contributed by atoms with Crippen molar-refractivity contribution in [2.24, 2.45) is 16.8 Å². The highest BCUT2D eigenvalue weighted by Crippen LogP contribution is 2.27. The second kappa shape index (κ2) is 6.71. The third-order valence-corrected chi connectivity index (χ3v) is 3.48. The number of hydrogen-bond acceptors (Lipinski definition) is 5. The normalized spacial score (nSPS) is 16.3. The number of halogens is 3. The zero-order valence-corrected chi connectivity index (χ0v) is 11.0. The molecule has 1 rings (SSSR count). The van der Waals surface area contributed by atoms with Gasteiger partial charge in [0.1, 0.15) is 10.9 Å². The average molecular weight is 296 g/mol. The van der Waals surface area contributed by atoms with Gasteiger partial charge in [0, 0.05) is 18.1 Å². The molecule has 0 fully saturated rings. The molecule has 2 unspecified atom stereocenters. The molecule has 0 aliphatic heterocycles. The van der Waals surface area contributed by atoms with E-state index in [2.05, 4.69) is 15.5 Å². The van der Waals surface area contributed by atoms with Crippen molar-refractivity contribution in [1.29, 1.82) is 0 Å². The number of nitrogens with zero attached hydrogens (tertiary/aromatic N) is 2. The first-order chi connectivity index (χ1) is 8.90. The Balaban J connectivity index is 2.71. The summed E-state index contributed by atoms with van der Waals surface area (Å²) in [5.41, 5.74) is 5.08. The van der Waals surface area contributed by atoms with Crippen LogP contribution in [0, 0.1) is 5.92 Å². The molecule has 1 aromatic rings. The summed E-state index contributed by atoms with van der Waals surface area (Å²) < 4.78 is 38.2. The minimum absolute atomic E-state index is 0.281. The van der Waals surface area contributed by atoms with Gasteiger partial charge in [-0.05, 0) is 6.42 Å². The topological polar surface area (TPSA) is 83.5 Å². The molecular weight excluding hydrogens is 281 g/mol. The van der Waals surface area contributed by atoms with Crippen LogP contribution in [0.15, 0.2) is 16.7 Å². The molecule has 0 amide bonds. The van der Waals surface area contributed by atoms with E-state index in [1.807, 2.05) is 6.92 Å². The molecule has 0 spiro atoms. The molecule has 0 aromatic carbocycles. The van der Waals surface area contributed by atoms with E-state index < -0.39 is 24.5 Å². The van der Waals surface area contributed by atoms with Crippen molar-refractivity contribution >= 4 is 17.2 Å². The van der Waals surface area contributed by atoms with Gasteiger partial charge in [0.2, 0.25) is 0 Å². The van der Waals surface area contributed by atoms with Crippen LogP contribution in [0.2, 0.25) is 0 Å². The Bertz CT molecular complexity index is 407. The molecule has 0 aliphatic rings. The van der Waals surface area contributed by atoms with E-state index in [0.717, 1.165) is 0 Å². The summed E-state index contributed by atoms with van der Waals surface area (Å²) in [7, 11) is 0. The Labute approximate surface area is 112 Å². The van der Waals surface area contributed by atoms with Crippen LogP contribution in [0.1, 0.15) is 24.4 Å². The zero-order valence-electron chi connectivity index (χ0n) is 10.2. The van der Waals surface area contributed by atoms with Gasteiger partial charge in [0.05, 0.1) is 6.04 Å². The maximum atomic E-state index is 12.7. The van der Waals surface area contributed by atoms with Gasteiger partial charge < -0.3 is 16.3 Å². The van der Waals surface area contributed by atoms with E-state index in [4.69, 9.17) is 10.9 Å². The number of hydrogen-bond donors (Lipinski definition) is 3. The van der Waals surface area contributed by atoms with Crippen molar-refractivity contribution in [2.45, 2.75) is 25.6 Å². The van der Waals surface area contributed by atoms with Gasteiger partial charge in [-0.25, -0.2) is 4.98 Å². The highest BCUT2D eigenvalue weighted by Gasteiger charge is 2.42. The molecular formula is C10H15F3N4OS. The number of nitrogens with one attached hydrogen (secondary N) is 1. The predicted molar refractivity (Wildman–Crippen MR) is 66.1 cm³/mol. The van der Waals surface area contributed by atoms with Crippen molar-refractivity contribution in [3.05, 3.63) is 16.6 Å². The number of amidine groups is 1. The Morgan fingerprint density at radius 2 is 2.32 bits per heavy atom. The third kappa shape index (κ3) is 4.35. The molecule has 0 saturated heterocycles. The molecule has 0 saturated carbocycles. The average Bonchev–Trinajstić information content (AvgIpc) is 2.86. The second-order valence-corrected chi connectivity index (χ2v) is 4.78. The Hall–Kier alpha value is -1.35. The number of oxime groups is 1. The molecule has 5 nitrogen and oxygen atoms in total. The van der Waals surface area contributed by atoms with Gasteiger partial charge in [0.15, 0.2) is 5.84 Å². The summed E-state index contributed by atoms with van der Waals surface area (Å²) in [4.78, 5) is 4.06. The lowest BCUT2D eigenvalue weighted by Gasteiger charge is -2.22. The smallest absolute Gasteiger partial charge is 0.400 e. The van der Waals surface area contributed by atoms with Gasteiger partial charge in [-0.3, -0.25) is 0 Å². The van der Waals surface area contributed by atoms with Crippen LogP contribution in [0.5, 0.6) is 0 Å². The molecule has 19 heavy (non-hydrogen) atoms. The number of rotatable bonds is 6. The third-order valence-electron chi connectivity index (χ3n) is 2.59. The van der Waals surface area contributed by atoms with Gasteiger partial charge in [-0.15, -0.1) is 11.3 Å². The number of aromatic nitrogens is 1. The molecule has 108 valence electrons. The second-order valence-electron chi connectivity index (χ2n) is 3.86.